The molecule has 1 aromatic rings. The molecular formula is C7H4Cl2FNO. The van der Waals surface area contributed by atoms with Crippen LogP contribution in [0.5, 0.6) is 5.75 Å². The standard InChI is InChI=1S/C7H4Cl2FNO/c1-11-12-4-2-5(8)7(10)6(9)3-4/h2-3H,1H2. The number of rotatable bonds is 2. The smallest absolute Gasteiger partial charge is 0.161 e. The summed E-state index contributed by atoms with van der Waals surface area (Å²) in [6.45, 7) is 3.09. The van der Waals surface area contributed by atoms with Gasteiger partial charge in [0.05, 0.1) is 10.0 Å². The first-order valence-electron chi connectivity index (χ1n) is 2.92. The minimum Gasteiger partial charge on any atom is -0.358 e. The first-order valence-corrected chi connectivity index (χ1v) is 3.68. The van der Waals surface area contributed by atoms with Gasteiger partial charge in [-0.3, -0.25) is 0 Å². The van der Waals surface area contributed by atoms with Crippen LogP contribution >= 0.6 is 23.2 Å². The molecule has 0 amide bonds. The van der Waals surface area contributed by atoms with E-state index in [1.165, 1.54) is 12.1 Å². The van der Waals surface area contributed by atoms with Crippen molar-refractivity contribution in [3.63, 3.8) is 0 Å². The van der Waals surface area contributed by atoms with Crippen molar-refractivity contribution in [3.8, 4) is 5.75 Å². The molecule has 0 aromatic heterocycles. The van der Waals surface area contributed by atoms with E-state index >= 15 is 0 Å². The predicted octanol–water partition coefficient (Wildman–Crippen LogP) is 3.13. The summed E-state index contributed by atoms with van der Waals surface area (Å²) in [6, 6.07) is 2.52. The maximum atomic E-state index is 12.8. The molecule has 0 aliphatic carbocycles. The molecule has 64 valence electrons. The van der Waals surface area contributed by atoms with Crippen LogP contribution in [0.3, 0.4) is 0 Å². The summed E-state index contributed by atoms with van der Waals surface area (Å²) in [5, 5.41) is 2.91. The highest BCUT2D eigenvalue weighted by Gasteiger charge is 2.07. The molecular weight excluding hydrogens is 204 g/mol. The molecule has 0 bridgehead atoms. The number of hydrogen-bond donors (Lipinski definition) is 0. The predicted molar refractivity (Wildman–Crippen MR) is 46.6 cm³/mol. The third kappa shape index (κ3) is 1.87. The molecule has 0 aliphatic rings. The number of halogens is 3. The van der Waals surface area contributed by atoms with Gasteiger partial charge in [-0.15, -0.1) is 0 Å². The van der Waals surface area contributed by atoms with Crippen LogP contribution in [0.15, 0.2) is 17.3 Å². The third-order valence-electron chi connectivity index (χ3n) is 1.13. The Balaban J connectivity index is 3.11. The Morgan fingerprint density at radius 1 is 1.33 bits per heavy atom. The Labute approximate surface area is 78.5 Å². The van der Waals surface area contributed by atoms with E-state index in [1.807, 2.05) is 0 Å². The third-order valence-corrected chi connectivity index (χ3v) is 1.68. The van der Waals surface area contributed by atoms with Crippen molar-refractivity contribution in [2.45, 2.75) is 0 Å². The van der Waals surface area contributed by atoms with Gasteiger partial charge >= 0.3 is 0 Å². The molecule has 0 radical (unpaired) electrons. The normalized spacial score (nSPS) is 9.58. The summed E-state index contributed by atoms with van der Waals surface area (Å²) >= 11 is 10.9. The lowest BCUT2D eigenvalue weighted by atomic mass is 10.3. The van der Waals surface area contributed by atoms with Crippen molar-refractivity contribution in [1.29, 1.82) is 0 Å². The average molecular weight is 208 g/mol. The van der Waals surface area contributed by atoms with Gasteiger partial charge in [0.25, 0.3) is 0 Å². The second-order valence-corrected chi connectivity index (χ2v) is 2.74. The zero-order chi connectivity index (χ0) is 9.14. The van der Waals surface area contributed by atoms with Crippen molar-refractivity contribution in [2.24, 2.45) is 5.16 Å². The fourth-order valence-corrected chi connectivity index (χ4v) is 1.13. The Kier molecular flexibility index (Phi) is 2.89. The van der Waals surface area contributed by atoms with Gasteiger partial charge in [0.15, 0.2) is 11.6 Å². The van der Waals surface area contributed by atoms with Crippen LogP contribution in [0.25, 0.3) is 0 Å². The SMILES string of the molecule is C=NOc1cc(Cl)c(F)c(Cl)c1. The van der Waals surface area contributed by atoms with E-state index < -0.39 is 5.82 Å². The molecule has 1 aromatic carbocycles. The molecule has 1 rings (SSSR count). The minimum absolute atomic E-state index is 0.110. The molecule has 0 atom stereocenters. The van der Waals surface area contributed by atoms with Gasteiger partial charge in [-0.25, -0.2) is 4.39 Å². The Morgan fingerprint density at radius 3 is 2.25 bits per heavy atom. The van der Waals surface area contributed by atoms with Gasteiger partial charge in [0.1, 0.15) is 0 Å². The zero-order valence-corrected chi connectivity index (χ0v) is 7.36. The fourth-order valence-electron chi connectivity index (χ4n) is 0.660. The number of oxime groups is 1. The van der Waals surface area contributed by atoms with Crippen LogP contribution in [-0.2, 0) is 0 Å². The minimum atomic E-state index is -0.672. The molecule has 0 heterocycles. The van der Waals surface area contributed by atoms with Gasteiger partial charge < -0.3 is 4.84 Å². The van der Waals surface area contributed by atoms with E-state index in [0.717, 1.165) is 0 Å². The van der Waals surface area contributed by atoms with Crippen molar-refractivity contribution >= 4 is 29.9 Å². The average Bonchev–Trinajstić information content (AvgIpc) is 2.01. The number of benzene rings is 1. The lowest BCUT2D eigenvalue weighted by Crippen LogP contribution is -1.84. The molecule has 0 unspecified atom stereocenters. The largest absolute Gasteiger partial charge is 0.358 e. The number of hydrogen-bond acceptors (Lipinski definition) is 2. The molecule has 0 saturated heterocycles. The summed E-state index contributed by atoms with van der Waals surface area (Å²) in [7, 11) is 0. The van der Waals surface area contributed by atoms with Gasteiger partial charge in [-0.2, -0.15) is 0 Å². The van der Waals surface area contributed by atoms with Gasteiger partial charge in [-0.05, 0) is 0 Å². The number of nitrogens with zero attached hydrogens (tertiary/aromatic N) is 1. The monoisotopic (exact) mass is 207 g/mol. The summed E-state index contributed by atoms with van der Waals surface area (Å²) < 4.78 is 12.8. The molecule has 0 N–H and O–H groups in total. The first-order chi connectivity index (χ1) is 5.65. The Morgan fingerprint density at radius 2 is 1.83 bits per heavy atom. The Bertz CT molecular complexity index is 293. The van der Waals surface area contributed by atoms with E-state index in [4.69, 9.17) is 23.2 Å². The van der Waals surface area contributed by atoms with E-state index in [-0.39, 0.29) is 15.8 Å². The highest BCUT2D eigenvalue weighted by molar-refractivity contribution is 6.35. The topological polar surface area (TPSA) is 21.6 Å². The molecule has 0 fully saturated rings. The summed E-state index contributed by atoms with van der Waals surface area (Å²) in [4.78, 5) is 4.60. The van der Waals surface area contributed by atoms with Gasteiger partial charge in [-0.1, -0.05) is 28.4 Å². The molecule has 12 heavy (non-hydrogen) atoms. The summed E-state index contributed by atoms with van der Waals surface area (Å²) in [5.41, 5.74) is 0. The van der Waals surface area contributed by atoms with E-state index in [9.17, 15) is 4.39 Å². The van der Waals surface area contributed by atoms with Crippen molar-refractivity contribution < 1.29 is 9.23 Å². The first kappa shape index (κ1) is 9.29. The molecule has 0 spiro atoms. The van der Waals surface area contributed by atoms with Crippen molar-refractivity contribution in [1.82, 2.24) is 0 Å². The highest BCUT2D eigenvalue weighted by Crippen LogP contribution is 2.28. The molecule has 0 aliphatic heterocycles. The van der Waals surface area contributed by atoms with E-state index in [2.05, 4.69) is 16.7 Å². The summed E-state index contributed by atoms with van der Waals surface area (Å²) in [6.07, 6.45) is 0. The molecule has 0 saturated carbocycles. The van der Waals surface area contributed by atoms with Crippen LogP contribution < -0.4 is 4.84 Å². The van der Waals surface area contributed by atoms with Crippen LogP contribution in [0.2, 0.25) is 10.0 Å². The van der Waals surface area contributed by atoms with Gasteiger partial charge in [0.2, 0.25) is 0 Å². The maximum absolute atomic E-state index is 12.8. The summed E-state index contributed by atoms with van der Waals surface area (Å²) in [5.74, 6) is -0.420. The Hall–Kier alpha value is -0.800. The maximum Gasteiger partial charge on any atom is 0.161 e. The highest BCUT2D eigenvalue weighted by atomic mass is 35.5. The second kappa shape index (κ2) is 3.74. The van der Waals surface area contributed by atoms with Crippen molar-refractivity contribution in [3.05, 3.63) is 28.0 Å². The van der Waals surface area contributed by atoms with Crippen LogP contribution in [-0.4, -0.2) is 6.72 Å². The van der Waals surface area contributed by atoms with E-state index in [1.54, 1.807) is 0 Å². The van der Waals surface area contributed by atoms with Crippen LogP contribution in [0, 0.1) is 5.82 Å². The molecule has 5 heteroatoms. The van der Waals surface area contributed by atoms with Crippen molar-refractivity contribution in [2.75, 3.05) is 0 Å². The quantitative estimate of drug-likeness (QED) is 0.415. The molecule has 2 nitrogen and oxygen atoms in total. The van der Waals surface area contributed by atoms with Gasteiger partial charge in [0, 0.05) is 18.9 Å². The lowest BCUT2D eigenvalue weighted by Gasteiger charge is -2.00. The van der Waals surface area contributed by atoms with Crippen LogP contribution in [0.1, 0.15) is 0 Å². The van der Waals surface area contributed by atoms with Crippen LogP contribution in [0.4, 0.5) is 4.39 Å². The fraction of sp³-hybridized carbons (Fsp3) is 0. The lowest BCUT2D eigenvalue weighted by molar-refractivity contribution is 0.345. The second-order valence-electron chi connectivity index (χ2n) is 1.92. The zero-order valence-electron chi connectivity index (χ0n) is 5.85. The van der Waals surface area contributed by atoms with E-state index in [0.29, 0.717) is 0 Å².